The number of halogens is 2. The molecule has 1 aromatic carbocycles. The second-order valence-corrected chi connectivity index (χ2v) is 6.69. The van der Waals surface area contributed by atoms with Crippen LogP contribution in [-0.4, -0.2) is 40.3 Å². The number of carboxylic acid groups (broad SMARTS) is 1. The summed E-state index contributed by atoms with van der Waals surface area (Å²) in [5.74, 6) is -2.75. The van der Waals surface area contributed by atoms with Crippen molar-refractivity contribution in [2.45, 2.75) is 32.4 Å². The average molecular weight is 423 g/mol. The third-order valence-corrected chi connectivity index (χ3v) is 3.20. The lowest BCUT2D eigenvalue weighted by atomic mass is 10.2. The summed E-state index contributed by atoms with van der Waals surface area (Å²) < 4.78 is 23.4. The fraction of sp³-hybridized carbons (Fsp3) is 0.429. The van der Waals surface area contributed by atoms with Crippen LogP contribution in [-0.2, 0) is 9.53 Å². The molecular weight excluding hydrogens is 407 g/mol. The number of nitro groups is 1. The Morgan fingerprint density at radius 2 is 2.04 bits per heavy atom. The van der Waals surface area contributed by atoms with Gasteiger partial charge in [0.2, 0.25) is 0 Å². The van der Waals surface area contributed by atoms with E-state index in [1.165, 1.54) is 0 Å². The predicted octanol–water partition coefficient (Wildman–Crippen LogP) is 2.85. The monoisotopic (exact) mass is 422 g/mol. The summed E-state index contributed by atoms with van der Waals surface area (Å²) in [5.41, 5.74) is -1.41. The fourth-order valence-electron chi connectivity index (χ4n) is 1.57. The maximum atomic E-state index is 13.5. The van der Waals surface area contributed by atoms with Gasteiger partial charge in [0.25, 0.3) is 0 Å². The molecule has 0 spiro atoms. The molecule has 0 aliphatic carbocycles. The second kappa shape index (κ2) is 8.10. The standard InChI is InChI=1S/C14H16BrFN2O7/c1-14(2,3)25-13(21)17-9(12(19)20)6-24-11-5-8(16)7(15)4-10(11)18(22)23/h4-5,9H,6H2,1-3H3,(H,17,21)(H,19,20). The van der Waals surface area contributed by atoms with Crippen molar-refractivity contribution in [1.82, 2.24) is 5.32 Å². The molecule has 0 heterocycles. The highest BCUT2D eigenvalue weighted by Gasteiger charge is 2.26. The van der Waals surface area contributed by atoms with Gasteiger partial charge in [0, 0.05) is 12.1 Å². The molecule has 0 aliphatic rings. The Morgan fingerprint density at radius 1 is 1.44 bits per heavy atom. The highest BCUT2D eigenvalue weighted by atomic mass is 79.9. The summed E-state index contributed by atoms with van der Waals surface area (Å²) in [5, 5.41) is 22.1. The zero-order valence-electron chi connectivity index (χ0n) is 13.5. The zero-order valence-corrected chi connectivity index (χ0v) is 15.1. The average Bonchev–Trinajstić information content (AvgIpc) is 2.43. The van der Waals surface area contributed by atoms with Gasteiger partial charge in [-0.3, -0.25) is 10.1 Å². The Morgan fingerprint density at radius 3 is 2.52 bits per heavy atom. The number of ether oxygens (including phenoxy) is 2. The fourth-order valence-corrected chi connectivity index (χ4v) is 1.91. The number of carbonyl (C=O) groups excluding carboxylic acids is 1. The Balaban J connectivity index is 2.88. The van der Waals surface area contributed by atoms with Gasteiger partial charge in [0.05, 0.1) is 9.40 Å². The van der Waals surface area contributed by atoms with Crippen molar-refractivity contribution in [2.75, 3.05) is 6.61 Å². The minimum Gasteiger partial charge on any atom is -0.484 e. The molecule has 0 aliphatic heterocycles. The van der Waals surface area contributed by atoms with Crippen molar-refractivity contribution in [2.24, 2.45) is 0 Å². The molecule has 138 valence electrons. The minimum atomic E-state index is -1.55. The molecule has 2 N–H and O–H groups in total. The molecule has 0 fully saturated rings. The summed E-state index contributed by atoms with van der Waals surface area (Å²) in [6.45, 7) is 4.10. The Kier molecular flexibility index (Phi) is 6.68. The van der Waals surface area contributed by atoms with Gasteiger partial charge in [-0.05, 0) is 36.7 Å². The smallest absolute Gasteiger partial charge is 0.408 e. The first kappa shape index (κ1) is 20.6. The van der Waals surface area contributed by atoms with E-state index >= 15 is 0 Å². The van der Waals surface area contributed by atoms with Crippen LogP contribution in [0.3, 0.4) is 0 Å². The number of hydrogen-bond acceptors (Lipinski definition) is 6. The summed E-state index contributed by atoms with van der Waals surface area (Å²) in [4.78, 5) is 33.0. The molecule has 1 aromatic rings. The number of nitrogens with one attached hydrogen (secondary N) is 1. The van der Waals surface area contributed by atoms with Crippen LogP contribution >= 0.6 is 15.9 Å². The van der Waals surface area contributed by atoms with Crippen LogP contribution in [0.5, 0.6) is 5.75 Å². The number of nitro benzene ring substituents is 1. The molecule has 0 aromatic heterocycles. The van der Waals surface area contributed by atoms with Crippen molar-refractivity contribution >= 4 is 33.7 Å². The van der Waals surface area contributed by atoms with Crippen LogP contribution in [0.15, 0.2) is 16.6 Å². The lowest BCUT2D eigenvalue weighted by Gasteiger charge is -2.22. The van der Waals surface area contributed by atoms with Crippen LogP contribution in [0.2, 0.25) is 0 Å². The number of hydrogen-bond donors (Lipinski definition) is 2. The summed E-state index contributed by atoms with van der Waals surface area (Å²) >= 11 is 2.81. The van der Waals surface area contributed by atoms with E-state index in [1.807, 2.05) is 0 Å². The molecule has 1 atom stereocenters. The van der Waals surface area contributed by atoms with E-state index < -0.39 is 52.5 Å². The first-order valence-electron chi connectivity index (χ1n) is 6.89. The van der Waals surface area contributed by atoms with E-state index in [4.69, 9.17) is 14.6 Å². The first-order chi connectivity index (χ1) is 11.4. The van der Waals surface area contributed by atoms with Crippen LogP contribution in [0.25, 0.3) is 0 Å². The molecule has 11 heteroatoms. The molecule has 0 saturated carbocycles. The van der Waals surface area contributed by atoms with Gasteiger partial charge in [-0.2, -0.15) is 0 Å². The van der Waals surface area contributed by atoms with Crippen molar-refractivity contribution in [3.63, 3.8) is 0 Å². The Labute approximate surface area is 150 Å². The maximum Gasteiger partial charge on any atom is 0.408 e. The Hall–Kier alpha value is -2.43. The van der Waals surface area contributed by atoms with Crippen LogP contribution < -0.4 is 10.1 Å². The third kappa shape index (κ3) is 6.53. The largest absolute Gasteiger partial charge is 0.484 e. The van der Waals surface area contributed by atoms with Gasteiger partial charge < -0.3 is 19.9 Å². The zero-order chi connectivity index (χ0) is 19.4. The van der Waals surface area contributed by atoms with E-state index in [0.29, 0.717) is 0 Å². The van der Waals surface area contributed by atoms with Crippen LogP contribution in [0.4, 0.5) is 14.9 Å². The lowest BCUT2D eigenvalue weighted by Crippen LogP contribution is -2.46. The normalized spacial score (nSPS) is 12.2. The van der Waals surface area contributed by atoms with Crippen molar-refractivity contribution in [3.05, 3.63) is 32.5 Å². The van der Waals surface area contributed by atoms with E-state index in [9.17, 15) is 24.1 Å². The van der Waals surface area contributed by atoms with Crippen molar-refractivity contribution < 1.29 is 33.5 Å². The predicted molar refractivity (Wildman–Crippen MR) is 87.0 cm³/mol. The first-order valence-corrected chi connectivity index (χ1v) is 7.68. The van der Waals surface area contributed by atoms with E-state index in [1.54, 1.807) is 20.8 Å². The highest BCUT2D eigenvalue weighted by Crippen LogP contribution is 2.32. The molecule has 9 nitrogen and oxygen atoms in total. The SMILES string of the molecule is CC(C)(C)OC(=O)NC(COc1cc(F)c(Br)cc1[N+](=O)[O-])C(=O)O. The maximum absolute atomic E-state index is 13.5. The number of carboxylic acids is 1. The third-order valence-electron chi connectivity index (χ3n) is 2.59. The molecular formula is C14H16BrFN2O7. The van der Waals surface area contributed by atoms with Crippen LogP contribution in [0, 0.1) is 15.9 Å². The second-order valence-electron chi connectivity index (χ2n) is 5.84. The van der Waals surface area contributed by atoms with E-state index in [2.05, 4.69) is 21.2 Å². The number of carbonyl (C=O) groups is 2. The quantitative estimate of drug-likeness (QED) is 0.532. The molecule has 1 amide bonds. The van der Waals surface area contributed by atoms with Gasteiger partial charge in [-0.15, -0.1) is 0 Å². The number of alkyl carbamates (subject to hydrolysis) is 1. The van der Waals surface area contributed by atoms with E-state index in [-0.39, 0.29) is 4.47 Å². The molecule has 1 rings (SSSR count). The molecule has 0 saturated heterocycles. The van der Waals surface area contributed by atoms with E-state index in [0.717, 1.165) is 12.1 Å². The van der Waals surface area contributed by atoms with Gasteiger partial charge in [0.15, 0.2) is 11.8 Å². The number of nitrogens with zero attached hydrogens (tertiary/aromatic N) is 1. The molecule has 0 radical (unpaired) electrons. The van der Waals surface area contributed by atoms with Crippen molar-refractivity contribution in [3.8, 4) is 5.75 Å². The minimum absolute atomic E-state index is 0.145. The van der Waals surface area contributed by atoms with Crippen LogP contribution in [0.1, 0.15) is 20.8 Å². The van der Waals surface area contributed by atoms with Gasteiger partial charge in [0.1, 0.15) is 18.0 Å². The molecule has 0 bridgehead atoms. The summed E-state index contributed by atoms with van der Waals surface area (Å²) in [6, 6.07) is 0.0808. The summed E-state index contributed by atoms with van der Waals surface area (Å²) in [6.07, 6.45) is -1.00. The number of amides is 1. The van der Waals surface area contributed by atoms with Crippen molar-refractivity contribution in [1.29, 1.82) is 0 Å². The highest BCUT2D eigenvalue weighted by molar-refractivity contribution is 9.10. The topological polar surface area (TPSA) is 128 Å². The molecule has 1 unspecified atom stereocenters. The number of rotatable bonds is 6. The van der Waals surface area contributed by atoms with Gasteiger partial charge >= 0.3 is 17.7 Å². The van der Waals surface area contributed by atoms with Gasteiger partial charge in [-0.1, -0.05) is 0 Å². The Bertz CT molecular complexity index is 690. The number of benzene rings is 1. The van der Waals surface area contributed by atoms with Gasteiger partial charge in [-0.25, -0.2) is 14.0 Å². The molecule has 25 heavy (non-hydrogen) atoms. The lowest BCUT2D eigenvalue weighted by molar-refractivity contribution is -0.386. The number of aliphatic carboxylic acids is 1. The summed E-state index contributed by atoms with van der Waals surface area (Å²) in [7, 11) is 0.